The molecule has 0 saturated heterocycles. The molecule has 1 heterocycles. The second kappa shape index (κ2) is 6.02. The number of fused-ring (bicyclic) bond motifs is 3. The van der Waals surface area contributed by atoms with Crippen molar-refractivity contribution in [2.24, 2.45) is 0 Å². The van der Waals surface area contributed by atoms with Crippen molar-refractivity contribution in [2.45, 2.75) is 6.92 Å². The summed E-state index contributed by atoms with van der Waals surface area (Å²) < 4.78 is 0. The van der Waals surface area contributed by atoms with Gasteiger partial charge in [0.2, 0.25) is 5.52 Å². The molecular formula is C20H18ClN3. The van der Waals surface area contributed by atoms with E-state index in [-0.39, 0.29) is 12.4 Å². The molecule has 0 aliphatic rings. The van der Waals surface area contributed by atoms with Crippen LogP contribution < -0.4 is 28.9 Å². The highest BCUT2D eigenvalue weighted by Gasteiger charge is 2.15. The predicted molar refractivity (Wildman–Crippen MR) is 97.0 cm³/mol. The molecule has 4 rings (SSSR count). The van der Waals surface area contributed by atoms with Gasteiger partial charge in [-0.2, -0.15) is 0 Å². The van der Waals surface area contributed by atoms with Gasteiger partial charge in [-0.15, -0.1) is 0 Å². The van der Waals surface area contributed by atoms with Crippen LogP contribution in [0.3, 0.4) is 0 Å². The molecule has 24 heavy (non-hydrogen) atoms. The molecule has 4 aromatic rings. The van der Waals surface area contributed by atoms with Crippen LogP contribution in [0.15, 0.2) is 60.8 Å². The van der Waals surface area contributed by atoms with Crippen LogP contribution in [0, 0.1) is 6.92 Å². The van der Waals surface area contributed by atoms with E-state index in [2.05, 4.69) is 30.1 Å². The fourth-order valence-corrected chi connectivity index (χ4v) is 3.29. The van der Waals surface area contributed by atoms with E-state index in [4.69, 9.17) is 11.5 Å². The maximum Gasteiger partial charge on any atom is 0.211 e. The summed E-state index contributed by atoms with van der Waals surface area (Å²) >= 11 is 0. The van der Waals surface area contributed by atoms with Crippen LogP contribution in [-0.4, -0.2) is 0 Å². The van der Waals surface area contributed by atoms with E-state index in [1.54, 1.807) is 0 Å². The Hall–Kier alpha value is -2.78. The quantitative estimate of drug-likeness (QED) is 0.402. The summed E-state index contributed by atoms with van der Waals surface area (Å²) in [5.41, 5.74) is 18.5. The summed E-state index contributed by atoms with van der Waals surface area (Å²) in [5, 5.41) is 3.29. The first-order chi connectivity index (χ1) is 11.1. The zero-order valence-corrected chi connectivity index (χ0v) is 14.1. The smallest absolute Gasteiger partial charge is 0.211 e. The van der Waals surface area contributed by atoms with E-state index in [1.807, 2.05) is 42.6 Å². The Bertz CT molecular complexity index is 1040. The highest BCUT2D eigenvalue weighted by atomic mass is 35.5. The number of pyridine rings is 1. The molecule has 0 spiro atoms. The molecule has 0 atom stereocenters. The normalized spacial score (nSPS) is 10.7. The topological polar surface area (TPSA) is 66.2 Å². The average molecular weight is 336 g/mol. The maximum absolute atomic E-state index is 6.34. The van der Waals surface area contributed by atoms with Gasteiger partial charge in [0.15, 0.2) is 6.20 Å². The van der Waals surface area contributed by atoms with Gasteiger partial charge in [0, 0.05) is 22.8 Å². The van der Waals surface area contributed by atoms with Crippen LogP contribution in [0.5, 0.6) is 0 Å². The van der Waals surface area contributed by atoms with E-state index >= 15 is 0 Å². The average Bonchev–Trinajstić information content (AvgIpc) is 2.58. The molecule has 0 aliphatic carbocycles. The van der Waals surface area contributed by atoms with Crippen molar-refractivity contribution in [2.75, 3.05) is 11.5 Å². The van der Waals surface area contributed by atoms with Crippen molar-refractivity contribution in [3.63, 3.8) is 0 Å². The summed E-state index contributed by atoms with van der Waals surface area (Å²) in [5.74, 6) is 0. The molecule has 1 aromatic heterocycles. The lowest BCUT2D eigenvalue weighted by Crippen LogP contribution is -3.00. The van der Waals surface area contributed by atoms with Crippen molar-refractivity contribution in [3.8, 4) is 11.1 Å². The monoisotopic (exact) mass is 335 g/mol. The Morgan fingerprint density at radius 2 is 1.62 bits per heavy atom. The number of rotatable bonds is 1. The number of aromatic amines is 1. The van der Waals surface area contributed by atoms with Crippen molar-refractivity contribution in [1.29, 1.82) is 0 Å². The number of halogens is 1. The van der Waals surface area contributed by atoms with E-state index in [9.17, 15) is 0 Å². The maximum atomic E-state index is 6.34. The van der Waals surface area contributed by atoms with Crippen molar-refractivity contribution >= 4 is 33.1 Å². The second-order valence-electron chi connectivity index (χ2n) is 5.89. The molecule has 0 aliphatic heterocycles. The first kappa shape index (κ1) is 16.1. The predicted octanol–water partition coefficient (Wildman–Crippen LogP) is 0.951. The first-order valence-corrected chi connectivity index (χ1v) is 7.63. The lowest BCUT2D eigenvalue weighted by atomic mass is 9.92. The Balaban J connectivity index is 0.00000169. The van der Waals surface area contributed by atoms with Gasteiger partial charge in [0.1, 0.15) is 0 Å². The van der Waals surface area contributed by atoms with Gasteiger partial charge in [-0.25, -0.2) is 4.98 Å². The van der Waals surface area contributed by atoms with Crippen LogP contribution in [0.2, 0.25) is 0 Å². The number of H-pyrrole nitrogens is 1. The van der Waals surface area contributed by atoms with E-state index in [0.29, 0.717) is 0 Å². The Labute approximate surface area is 146 Å². The molecular weight excluding hydrogens is 318 g/mol. The summed E-state index contributed by atoms with van der Waals surface area (Å²) in [6, 6.07) is 18.3. The molecule has 3 aromatic carbocycles. The molecule has 5 N–H and O–H groups in total. The lowest BCUT2D eigenvalue weighted by Gasteiger charge is -2.12. The van der Waals surface area contributed by atoms with Crippen LogP contribution in [-0.2, 0) is 0 Å². The summed E-state index contributed by atoms with van der Waals surface area (Å²) in [6.07, 6.45) is 1.98. The number of aryl methyl sites for hydroxylation is 1. The number of anilines is 2. The molecule has 0 saturated carbocycles. The third-order valence-corrected chi connectivity index (χ3v) is 4.43. The first-order valence-electron chi connectivity index (χ1n) is 7.63. The molecule has 4 heteroatoms. The van der Waals surface area contributed by atoms with Gasteiger partial charge in [-0.05, 0) is 41.8 Å². The molecule has 120 valence electrons. The van der Waals surface area contributed by atoms with Crippen molar-refractivity contribution < 1.29 is 17.4 Å². The van der Waals surface area contributed by atoms with Gasteiger partial charge in [0.25, 0.3) is 0 Å². The Morgan fingerprint density at radius 3 is 2.38 bits per heavy atom. The van der Waals surface area contributed by atoms with E-state index in [0.717, 1.165) is 38.6 Å². The fraction of sp³-hybridized carbons (Fsp3) is 0.0500. The summed E-state index contributed by atoms with van der Waals surface area (Å²) in [7, 11) is 0. The number of nitrogen functional groups attached to an aromatic ring is 2. The SMILES string of the molecule is Cc1c(-c2ccccc2)cc(N)c2c[nH+]c3ccc(N)cc3c12.[Cl-]. The minimum absolute atomic E-state index is 0. The minimum Gasteiger partial charge on any atom is -1.00 e. The fourth-order valence-electron chi connectivity index (χ4n) is 3.29. The standard InChI is InChI=1S/C20H17N3.ClH/c1-12-15(13-5-3-2-4-6-13)10-18(22)17-11-23-19-8-7-14(21)9-16(19)20(12)17;/h2-11H,21-22H2,1H3;1H. The minimum atomic E-state index is 0. The highest BCUT2D eigenvalue weighted by molar-refractivity contribution is 6.12. The number of hydrogen-bond acceptors (Lipinski definition) is 2. The number of nitrogens with one attached hydrogen (secondary N) is 1. The largest absolute Gasteiger partial charge is 1.00 e. The van der Waals surface area contributed by atoms with E-state index < -0.39 is 0 Å². The van der Waals surface area contributed by atoms with E-state index in [1.165, 1.54) is 11.1 Å². The molecule has 0 unspecified atom stereocenters. The van der Waals surface area contributed by atoms with Gasteiger partial charge >= 0.3 is 0 Å². The van der Waals surface area contributed by atoms with Crippen LogP contribution >= 0.6 is 0 Å². The molecule has 0 radical (unpaired) electrons. The third kappa shape index (κ3) is 2.43. The second-order valence-corrected chi connectivity index (χ2v) is 5.89. The van der Waals surface area contributed by atoms with Gasteiger partial charge in [0.05, 0.1) is 10.8 Å². The van der Waals surface area contributed by atoms with Crippen molar-refractivity contribution in [3.05, 3.63) is 66.4 Å². The number of hydrogen-bond donors (Lipinski definition) is 2. The van der Waals surface area contributed by atoms with Crippen molar-refractivity contribution in [1.82, 2.24) is 0 Å². The third-order valence-electron chi connectivity index (χ3n) is 4.43. The van der Waals surface area contributed by atoms with Crippen LogP contribution in [0.1, 0.15) is 5.56 Å². The molecule has 0 amide bonds. The lowest BCUT2D eigenvalue weighted by molar-refractivity contribution is -0.342. The number of benzene rings is 3. The zero-order valence-electron chi connectivity index (χ0n) is 13.3. The van der Waals surface area contributed by atoms with Gasteiger partial charge in [-0.3, -0.25) is 0 Å². The highest BCUT2D eigenvalue weighted by Crippen LogP contribution is 2.36. The number of aromatic nitrogens is 1. The van der Waals surface area contributed by atoms with Gasteiger partial charge in [-0.1, -0.05) is 30.3 Å². The summed E-state index contributed by atoms with van der Waals surface area (Å²) in [4.78, 5) is 3.31. The molecule has 0 fully saturated rings. The molecule has 0 bridgehead atoms. The summed E-state index contributed by atoms with van der Waals surface area (Å²) in [6.45, 7) is 2.15. The number of nitrogens with two attached hydrogens (primary N) is 2. The Morgan fingerprint density at radius 1 is 0.875 bits per heavy atom. The Kier molecular flexibility index (Phi) is 4.04. The zero-order chi connectivity index (χ0) is 16.0. The van der Waals surface area contributed by atoms with Crippen LogP contribution in [0.25, 0.3) is 32.8 Å². The van der Waals surface area contributed by atoms with Crippen LogP contribution in [0.4, 0.5) is 11.4 Å². The van der Waals surface area contributed by atoms with Gasteiger partial charge < -0.3 is 23.9 Å². The molecule has 3 nitrogen and oxygen atoms in total.